The number of ketones is 1. The van der Waals surface area contributed by atoms with Crippen molar-refractivity contribution < 1.29 is 14.3 Å². The lowest BCUT2D eigenvalue weighted by Gasteiger charge is -2.18. The Kier molecular flexibility index (Phi) is 2.85. The Balaban J connectivity index is 2.49. The van der Waals surface area contributed by atoms with E-state index in [2.05, 4.69) is 0 Å². The highest BCUT2D eigenvalue weighted by Gasteiger charge is 2.26. The average molecular weight is 234 g/mol. The van der Waals surface area contributed by atoms with E-state index < -0.39 is 6.04 Å². The fourth-order valence-electron chi connectivity index (χ4n) is 1.74. The number of ether oxygens (including phenoxy) is 1. The third-order valence-corrected chi connectivity index (χ3v) is 2.79. The van der Waals surface area contributed by atoms with Gasteiger partial charge >= 0.3 is 0 Å². The summed E-state index contributed by atoms with van der Waals surface area (Å²) in [5, 5.41) is 0. The number of benzene rings is 1. The van der Waals surface area contributed by atoms with Gasteiger partial charge in [-0.15, -0.1) is 0 Å². The van der Waals surface area contributed by atoms with Crippen LogP contribution in [0, 0.1) is 0 Å². The summed E-state index contributed by atoms with van der Waals surface area (Å²) < 4.78 is 5.44. The molecule has 1 aromatic rings. The molecule has 0 bridgehead atoms. The first-order valence-electron chi connectivity index (χ1n) is 5.31. The van der Waals surface area contributed by atoms with Crippen molar-refractivity contribution in [1.82, 2.24) is 0 Å². The fourth-order valence-corrected chi connectivity index (χ4v) is 1.74. The van der Waals surface area contributed by atoms with Crippen molar-refractivity contribution in [3.05, 3.63) is 23.8 Å². The number of Topliss-reactive ketones (excluding diaryl/α,β-unsaturated/α-hetero) is 1. The molecule has 0 saturated carbocycles. The molecule has 2 rings (SSSR count). The van der Waals surface area contributed by atoms with E-state index in [0.29, 0.717) is 17.0 Å². The number of carbonyl (C=O) groups excluding carboxylic acids is 2. The van der Waals surface area contributed by atoms with Crippen LogP contribution in [0.25, 0.3) is 0 Å². The highest BCUT2D eigenvalue weighted by molar-refractivity contribution is 6.01. The summed E-state index contributed by atoms with van der Waals surface area (Å²) in [5.41, 5.74) is 6.79. The van der Waals surface area contributed by atoms with Crippen LogP contribution in [0.15, 0.2) is 18.2 Å². The third-order valence-electron chi connectivity index (χ3n) is 2.79. The SMILES string of the molecule is CC(=O)c1ccc2c(c1)N(C)C(=O)[C@@H](N)CO2. The molecule has 0 aromatic heterocycles. The largest absolute Gasteiger partial charge is 0.489 e. The van der Waals surface area contributed by atoms with Crippen molar-refractivity contribution in [2.75, 3.05) is 18.6 Å². The second kappa shape index (κ2) is 4.18. The van der Waals surface area contributed by atoms with Crippen LogP contribution < -0.4 is 15.4 Å². The van der Waals surface area contributed by atoms with Gasteiger partial charge in [-0.05, 0) is 25.1 Å². The molecule has 0 radical (unpaired) electrons. The lowest BCUT2D eigenvalue weighted by Crippen LogP contribution is -2.43. The number of rotatable bonds is 1. The molecular weight excluding hydrogens is 220 g/mol. The fraction of sp³-hybridized carbons (Fsp3) is 0.333. The number of anilines is 1. The van der Waals surface area contributed by atoms with Crippen LogP contribution in [0.5, 0.6) is 5.75 Å². The lowest BCUT2D eigenvalue weighted by molar-refractivity contribution is -0.119. The standard InChI is InChI=1S/C12H14N2O3/c1-7(15)8-3-4-11-10(5-8)14(2)12(16)9(13)6-17-11/h3-5,9H,6,13H2,1-2H3/t9-/m0/s1. The molecule has 90 valence electrons. The van der Waals surface area contributed by atoms with Crippen LogP contribution in [-0.4, -0.2) is 31.4 Å². The summed E-state index contributed by atoms with van der Waals surface area (Å²) >= 11 is 0. The molecule has 1 atom stereocenters. The van der Waals surface area contributed by atoms with Gasteiger partial charge in [-0.2, -0.15) is 0 Å². The summed E-state index contributed by atoms with van der Waals surface area (Å²) in [4.78, 5) is 24.6. The minimum absolute atomic E-state index is 0.0535. The number of carbonyl (C=O) groups is 2. The Morgan fingerprint density at radius 3 is 2.88 bits per heavy atom. The van der Waals surface area contributed by atoms with E-state index in [-0.39, 0.29) is 18.3 Å². The van der Waals surface area contributed by atoms with Crippen molar-refractivity contribution in [2.24, 2.45) is 5.73 Å². The van der Waals surface area contributed by atoms with Crippen LogP contribution in [0.1, 0.15) is 17.3 Å². The second-order valence-corrected chi connectivity index (χ2v) is 4.05. The van der Waals surface area contributed by atoms with E-state index in [4.69, 9.17) is 10.5 Å². The van der Waals surface area contributed by atoms with Gasteiger partial charge in [-0.25, -0.2) is 0 Å². The summed E-state index contributed by atoms with van der Waals surface area (Å²) in [6.07, 6.45) is 0. The van der Waals surface area contributed by atoms with Crippen molar-refractivity contribution in [1.29, 1.82) is 0 Å². The Morgan fingerprint density at radius 2 is 2.24 bits per heavy atom. The van der Waals surface area contributed by atoms with Gasteiger partial charge in [0.1, 0.15) is 18.4 Å². The lowest BCUT2D eigenvalue weighted by atomic mass is 10.1. The van der Waals surface area contributed by atoms with E-state index in [1.807, 2.05) is 0 Å². The first-order chi connectivity index (χ1) is 8.00. The molecule has 5 heteroatoms. The predicted molar refractivity (Wildman–Crippen MR) is 63.3 cm³/mol. The molecule has 1 amide bonds. The maximum atomic E-state index is 11.8. The molecule has 1 aliphatic rings. The number of hydrogen-bond donors (Lipinski definition) is 1. The Labute approximate surface area is 99.2 Å². The van der Waals surface area contributed by atoms with Crippen molar-refractivity contribution >= 4 is 17.4 Å². The van der Waals surface area contributed by atoms with Gasteiger partial charge in [0.05, 0.1) is 5.69 Å². The Hall–Kier alpha value is -1.88. The van der Waals surface area contributed by atoms with Crippen LogP contribution in [0.4, 0.5) is 5.69 Å². The van der Waals surface area contributed by atoms with Gasteiger partial charge in [0.25, 0.3) is 0 Å². The van der Waals surface area contributed by atoms with E-state index in [1.165, 1.54) is 11.8 Å². The molecule has 5 nitrogen and oxygen atoms in total. The van der Waals surface area contributed by atoms with Crippen LogP contribution >= 0.6 is 0 Å². The minimum Gasteiger partial charge on any atom is -0.489 e. The highest BCUT2D eigenvalue weighted by atomic mass is 16.5. The van der Waals surface area contributed by atoms with Gasteiger partial charge in [0.2, 0.25) is 5.91 Å². The average Bonchev–Trinajstić information content (AvgIpc) is 2.42. The van der Waals surface area contributed by atoms with Crippen molar-refractivity contribution in [3.63, 3.8) is 0 Å². The molecular formula is C12H14N2O3. The van der Waals surface area contributed by atoms with Crippen molar-refractivity contribution in [2.45, 2.75) is 13.0 Å². The number of nitrogens with zero attached hydrogens (tertiary/aromatic N) is 1. The zero-order valence-corrected chi connectivity index (χ0v) is 9.77. The van der Waals surface area contributed by atoms with E-state index in [9.17, 15) is 9.59 Å². The molecule has 2 N–H and O–H groups in total. The molecule has 0 unspecified atom stereocenters. The van der Waals surface area contributed by atoms with Gasteiger partial charge in [-0.1, -0.05) is 0 Å². The molecule has 1 aliphatic heterocycles. The predicted octanol–water partition coefficient (Wildman–Crippen LogP) is 0.572. The van der Waals surface area contributed by atoms with Gasteiger partial charge in [-0.3, -0.25) is 9.59 Å². The van der Waals surface area contributed by atoms with Gasteiger partial charge in [0.15, 0.2) is 5.78 Å². The molecule has 17 heavy (non-hydrogen) atoms. The minimum atomic E-state index is -0.673. The zero-order valence-electron chi connectivity index (χ0n) is 9.77. The molecule has 0 spiro atoms. The number of hydrogen-bond acceptors (Lipinski definition) is 4. The third kappa shape index (κ3) is 2.01. The summed E-state index contributed by atoms with van der Waals surface area (Å²) in [7, 11) is 1.62. The van der Waals surface area contributed by atoms with E-state index >= 15 is 0 Å². The smallest absolute Gasteiger partial charge is 0.247 e. The number of nitrogens with two attached hydrogens (primary N) is 1. The van der Waals surface area contributed by atoms with E-state index in [0.717, 1.165) is 0 Å². The number of likely N-dealkylation sites (N-methyl/N-ethyl adjacent to an activating group) is 1. The normalized spacial score (nSPS) is 19.4. The molecule has 1 heterocycles. The monoisotopic (exact) mass is 234 g/mol. The summed E-state index contributed by atoms with van der Waals surface area (Å²) in [5.74, 6) is 0.297. The highest BCUT2D eigenvalue weighted by Crippen LogP contribution is 2.31. The molecule has 0 aliphatic carbocycles. The zero-order chi connectivity index (χ0) is 12.6. The maximum Gasteiger partial charge on any atom is 0.247 e. The molecule has 1 aromatic carbocycles. The summed E-state index contributed by atoms with van der Waals surface area (Å²) in [6, 6.07) is 4.34. The molecule has 0 fully saturated rings. The topological polar surface area (TPSA) is 72.6 Å². The van der Waals surface area contributed by atoms with Gasteiger partial charge < -0.3 is 15.4 Å². The first kappa shape index (κ1) is 11.6. The maximum absolute atomic E-state index is 11.8. The van der Waals surface area contributed by atoms with Crippen LogP contribution in [-0.2, 0) is 4.79 Å². The Bertz CT molecular complexity index is 485. The number of fused-ring (bicyclic) bond motifs is 1. The first-order valence-corrected chi connectivity index (χ1v) is 5.31. The van der Waals surface area contributed by atoms with Crippen molar-refractivity contribution in [3.8, 4) is 5.75 Å². The second-order valence-electron chi connectivity index (χ2n) is 4.05. The number of amides is 1. The van der Waals surface area contributed by atoms with Gasteiger partial charge in [0, 0.05) is 12.6 Å². The molecule has 0 saturated heterocycles. The van der Waals surface area contributed by atoms with Crippen LogP contribution in [0.3, 0.4) is 0 Å². The van der Waals surface area contributed by atoms with Crippen LogP contribution in [0.2, 0.25) is 0 Å². The summed E-state index contributed by atoms with van der Waals surface area (Å²) in [6.45, 7) is 1.63. The quantitative estimate of drug-likeness (QED) is 0.721. The van der Waals surface area contributed by atoms with E-state index in [1.54, 1.807) is 25.2 Å². The Morgan fingerprint density at radius 1 is 1.53 bits per heavy atom.